The smallest absolute Gasteiger partial charge is 0.123 e. The second-order valence-electron chi connectivity index (χ2n) is 5.76. The normalized spacial score (nSPS) is 18.1. The maximum Gasteiger partial charge on any atom is 0.123 e. The molecule has 0 bridgehead atoms. The zero-order valence-electron chi connectivity index (χ0n) is 12.8. The summed E-state index contributed by atoms with van der Waals surface area (Å²) in [5, 5.41) is 3.61. The summed E-state index contributed by atoms with van der Waals surface area (Å²) in [6.45, 7) is 5.31. The number of aryl methyl sites for hydroxylation is 1. The van der Waals surface area contributed by atoms with Crippen molar-refractivity contribution in [1.29, 1.82) is 0 Å². The van der Waals surface area contributed by atoms with Crippen LogP contribution in [0.1, 0.15) is 23.6 Å². The molecule has 2 nitrogen and oxygen atoms in total. The Kier molecular flexibility index (Phi) is 4.26. The van der Waals surface area contributed by atoms with E-state index in [-0.39, 0.29) is 6.10 Å². The van der Waals surface area contributed by atoms with Crippen molar-refractivity contribution < 1.29 is 4.74 Å². The summed E-state index contributed by atoms with van der Waals surface area (Å²) >= 11 is 0. The zero-order chi connectivity index (χ0) is 14.7. The predicted octanol–water partition coefficient (Wildman–Crippen LogP) is 3.52. The van der Waals surface area contributed by atoms with E-state index in [0.29, 0.717) is 6.04 Å². The van der Waals surface area contributed by atoms with E-state index < -0.39 is 0 Å². The van der Waals surface area contributed by atoms with Gasteiger partial charge in [-0.2, -0.15) is 0 Å². The first-order valence-corrected chi connectivity index (χ1v) is 7.80. The third-order valence-electron chi connectivity index (χ3n) is 4.29. The average Bonchev–Trinajstić information content (AvgIpc) is 2.93. The van der Waals surface area contributed by atoms with Gasteiger partial charge in [0.15, 0.2) is 0 Å². The molecule has 0 aromatic heterocycles. The van der Waals surface area contributed by atoms with Gasteiger partial charge in [0, 0.05) is 12.5 Å². The lowest BCUT2D eigenvalue weighted by atomic mass is 9.95. The maximum absolute atomic E-state index is 6.17. The van der Waals surface area contributed by atoms with Crippen LogP contribution in [0.2, 0.25) is 0 Å². The van der Waals surface area contributed by atoms with Crippen LogP contribution in [0, 0.1) is 6.92 Å². The molecule has 1 N–H and O–H groups in total. The molecule has 0 radical (unpaired) electrons. The second-order valence-corrected chi connectivity index (χ2v) is 5.76. The first kappa shape index (κ1) is 14.2. The highest BCUT2D eigenvalue weighted by Crippen LogP contribution is 2.30. The summed E-state index contributed by atoms with van der Waals surface area (Å²) in [5.41, 5.74) is 4.09. The van der Waals surface area contributed by atoms with Crippen molar-refractivity contribution in [3.05, 3.63) is 65.2 Å². The highest BCUT2D eigenvalue weighted by Gasteiger charge is 2.29. The number of nitrogens with one attached hydrogen (secondary N) is 1. The van der Waals surface area contributed by atoms with E-state index in [2.05, 4.69) is 61.6 Å². The van der Waals surface area contributed by atoms with Gasteiger partial charge in [-0.15, -0.1) is 0 Å². The molecule has 0 fully saturated rings. The largest absolute Gasteiger partial charge is 0.488 e. The molecule has 1 heterocycles. The average molecular weight is 281 g/mol. The van der Waals surface area contributed by atoms with Gasteiger partial charge in [0.25, 0.3) is 0 Å². The van der Waals surface area contributed by atoms with Gasteiger partial charge in [-0.05, 0) is 42.6 Å². The maximum atomic E-state index is 6.17. The summed E-state index contributed by atoms with van der Waals surface area (Å²) in [5.74, 6) is 1.05. The molecule has 3 rings (SSSR count). The van der Waals surface area contributed by atoms with E-state index in [4.69, 9.17) is 4.74 Å². The summed E-state index contributed by atoms with van der Waals surface area (Å²) in [6, 6.07) is 17.4. The number of ether oxygens (including phenoxy) is 1. The number of hydrogen-bond donors (Lipinski definition) is 1. The molecule has 1 aliphatic heterocycles. The fourth-order valence-electron chi connectivity index (χ4n) is 3.11. The Labute approximate surface area is 127 Å². The first-order chi connectivity index (χ1) is 10.3. The van der Waals surface area contributed by atoms with E-state index in [1.807, 2.05) is 6.07 Å². The fraction of sp³-hybridized carbons (Fsp3) is 0.368. The Morgan fingerprint density at radius 3 is 2.67 bits per heavy atom. The summed E-state index contributed by atoms with van der Waals surface area (Å²) in [7, 11) is 0. The van der Waals surface area contributed by atoms with Gasteiger partial charge in [0.05, 0.1) is 0 Å². The van der Waals surface area contributed by atoms with Crippen LogP contribution in [-0.4, -0.2) is 18.7 Å². The second kappa shape index (κ2) is 6.31. The van der Waals surface area contributed by atoms with Crippen molar-refractivity contribution in [3.63, 3.8) is 0 Å². The molecule has 110 valence electrons. The number of likely N-dealkylation sites (N-methyl/N-ethyl adjacent to an activating group) is 1. The molecule has 0 spiro atoms. The standard InChI is InChI=1S/C19H23NO/c1-3-20-17(12-15-9-5-4-8-14(15)2)19-13-16-10-6-7-11-18(16)21-19/h4-11,17,19-20H,3,12-13H2,1-2H3. The topological polar surface area (TPSA) is 21.3 Å². The van der Waals surface area contributed by atoms with Gasteiger partial charge < -0.3 is 10.1 Å². The summed E-state index contributed by atoms with van der Waals surface area (Å²) in [4.78, 5) is 0. The minimum Gasteiger partial charge on any atom is -0.488 e. The number of fused-ring (bicyclic) bond motifs is 1. The number of benzene rings is 2. The van der Waals surface area contributed by atoms with Crippen LogP contribution in [0.5, 0.6) is 5.75 Å². The van der Waals surface area contributed by atoms with Crippen LogP contribution in [-0.2, 0) is 12.8 Å². The third-order valence-corrected chi connectivity index (χ3v) is 4.29. The predicted molar refractivity (Wildman–Crippen MR) is 86.9 cm³/mol. The van der Waals surface area contributed by atoms with Crippen LogP contribution in [0.4, 0.5) is 0 Å². The molecule has 0 saturated heterocycles. The Hall–Kier alpha value is -1.80. The number of rotatable bonds is 5. The van der Waals surface area contributed by atoms with Gasteiger partial charge >= 0.3 is 0 Å². The first-order valence-electron chi connectivity index (χ1n) is 7.80. The van der Waals surface area contributed by atoms with E-state index in [1.165, 1.54) is 16.7 Å². The minimum atomic E-state index is 0.224. The molecule has 0 saturated carbocycles. The van der Waals surface area contributed by atoms with Gasteiger partial charge in [-0.1, -0.05) is 49.4 Å². The molecule has 2 aromatic rings. The van der Waals surface area contributed by atoms with E-state index in [0.717, 1.165) is 25.1 Å². The van der Waals surface area contributed by atoms with Crippen molar-refractivity contribution in [2.24, 2.45) is 0 Å². The minimum absolute atomic E-state index is 0.224. The van der Waals surface area contributed by atoms with Gasteiger partial charge in [-0.3, -0.25) is 0 Å². The Morgan fingerprint density at radius 2 is 1.90 bits per heavy atom. The highest BCUT2D eigenvalue weighted by atomic mass is 16.5. The Bertz CT molecular complexity index is 583. The van der Waals surface area contributed by atoms with E-state index in [1.54, 1.807) is 0 Å². The lowest BCUT2D eigenvalue weighted by molar-refractivity contribution is 0.178. The van der Waals surface area contributed by atoms with E-state index in [9.17, 15) is 0 Å². The van der Waals surface area contributed by atoms with Gasteiger partial charge in [0.2, 0.25) is 0 Å². The molecule has 1 aliphatic rings. The fourth-order valence-corrected chi connectivity index (χ4v) is 3.11. The monoisotopic (exact) mass is 281 g/mol. The molecular formula is C19H23NO. The number of hydrogen-bond acceptors (Lipinski definition) is 2. The zero-order valence-corrected chi connectivity index (χ0v) is 12.8. The SMILES string of the molecule is CCNC(Cc1ccccc1C)C1Cc2ccccc2O1. The van der Waals surface area contributed by atoms with E-state index >= 15 is 0 Å². The van der Waals surface area contributed by atoms with Crippen molar-refractivity contribution in [2.75, 3.05) is 6.54 Å². The van der Waals surface area contributed by atoms with Crippen molar-refractivity contribution >= 4 is 0 Å². The third kappa shape index (κ3) is 3.11. The van der Waals surface area contributed by atoms with Crippen molar-refractivity contribution in [3.8, 4) is 5.75 Å². The summed E-state index contributed by atoms with van der Waals surface area (Å²) in [6.07, 6.45) is 2.24. The molecule has 0 amide bonds. The van der Waals surface area contributed by atoms with Gasteiger partial charge in [0.1, 0.15) is 11.9 Å². The van der Waals surface area contributed by atoms with Crippen LogP contribution >= 0.6 is 0 Å². The Balaban J connectivity index is 1.76. The molecular weight excluding hydrogens is 258 g/mol. The molecule has 2 atom stereocenters. The lowest BCUT2D eigenvalue weighted by Gasteiger charge is -2.25. The quantitative estimate of drug-likeness (QED) is 0.905. The highest BCUT2D eigenvalue weighted by molar-refractivity contribution is 5.38. The van der Waals surface area contributed by atoms with Crippen LogP contribution < -0.4 is 10.1 Å². The number of para-hydroxylation sites is 1. The molecule has 0 aliphatic carbocycles. The summed E-state index contributed by atoms with van der Waals surface area (Å²) < 4.78 is 6.17. The van der Waals surface area contributed by atoms with Crippen molar-refractivity contribution in [2.45, 2.75) is 38.8 Å². The van der Waals surface area contributed by atoms with Crippen LogP contribution in [0.15, 0.2) is 48.5 Å². The molecule has 2 unspecified atom stereocenters. The molecule has 2 heteroatoms. The molecule has 21 heavy (non-hydrogen) atoms. The van der Waals surface area contributed by atoms with Crippen LogP contribution in [0.3, 0.4) is 0 Å². The molecule has 2 aromatic carbocycles. The Morgan fingerprint density at radius 1 is 1.14 bits per heavy atom. The lowest BCUT2D eigenvalue weighted by Crippen LogP contribution is -2.44. The van der Waals surface area contributed by atoms with Crippen molar-refractivity contribution in [1.82, 2.24) is 5.32 Å². The van der Waals surface area contributed by atoms with Gasteiger partial charge in [-0.25, -0.2) is 0 Å². The van der Waals surface area contributed by atoms with Crippen LogP contribution in [0.25, 0.3) is 0 Å².